The van der Waals surface area contributed by atoms with Gasteiger partial charge >= 0.3 is 6.03 Å². The zero-order chi connectivity index (χ0) is 15.7. The smallest absolute Gasteiger partial charge is 0.319 e. The van der Waals surface area contributed by atoms with E-state index in [-0.39, 0.29) is 18.6 Å². The minimum Gasteiger partial charge on any atom is -0.489 e. The van der Waals surface area contributed by atoms with Crippen molar-refractivity contribution >= 4 is 17.6 Å². The number of carbonyl (C=O) groups excluding carboxylic acids is 2. The van der Waals surface area contributed by atoms with E-state index in [1.54, 1.807) is 18.2 Å². The fourth-order valence-electron chi connectivity index (χ4n) is 1.58. The van der Waals surface area contributed by atoms with E-state index in [4.69, 9.17) is 4.74 Å². The molecule has 6 heteroatoms. The van der Waals surface area contributed by atoms with Crippen LogP contribution in [0.25, 0.3) is 0 Å². The summed E-state index contributed by atoms with van der Waals surface area (Å²) in [5.41, 5.74) is 0.567. The average molecular weight is 293 g/mol. The van der Waals surface area contributed by atoms with Gasteiger partial charge in [-0.1, -0.05) is 19.1 Å². The molecule has 0 saturated heterocycles. The van der Waals surface area contributed by atoms with E-state index in [0.29, 0.717) is 18.0 Å². The Hall–Kier alpha value is -2.24. The Bertz CT molecular complexity index is 475. The van der Waals surface area contributed by atoms with Gasteiger partial charge in [-0.3, -0.25) is 4.79 Å². The molecule has 1 aromatic carbocycles. The van der Waals surface area contributed by atoms with Gasteiger partial charge in [-0.25, -0.2) is 4.79 Å². The second kappa shape index (κ2) is 8.84. The number of ether oxygens (including phenoxy) is 1. The molecule has 0 fully saturated rings. The van der Waals surface area contributed by atoms with Gasteiger partial charge in [0.25, 0.3) is 0 Å². The zero-order valence-corrected chi connectivity index (χ0v) is 12.7. The normalized spacial score (nSPS) is 10.1. The van der Waals surface area contributed by atoms with Gasteiger partial charge in [0, 0.05) is 6.54 Å². The summed E-state index contributed by atoms with van der Waals surface area (Å²) in [4.78, 5) is 23.2. The van der Waals surface area contributed by atoms with E-state index in [2.05, 4.69) is 16.0 Å². The highest BCUT2D eigenvalue weighted by Gasteiger charge is 2.09. The van der Waals surface area contributed by atoms with E-state index in [9.17, 15) is 9.59 Å². The Morgan fingerprint density at radius 3 is 2.57 bits per heavy atom. The Labute approximate surface area is 125 Å². The molecule has 0 aliphatic rings. The summed E-state index contributed by atoms with van der Waals surface area (Å²) in [5.74, 6) is 0.386. The maximum atomic E-state index is 11.8. The van der Waals surface area contributed by atoms with Crippen molar-refractivity contribution in [3.63, 3.8) is 0 Å². The van der Waals surface area contributed by atoms with Crippen molar-refractivity contribution in [3.05, 3.63) is 24.3 Å². The van der Waals surface area contributed by atoms with Crippen LogP contribution >= 0.6 is 0 Å². The number of nitrogens with one attached hydrogen (secondary N) is 3. The van der Waals surface area contributed by atoms with Crippen molar-refractivity contribution in [2.24, 2.45) is 0 Å². The Kier molecular flexibility index (Phi) is 7.08. The molecule has 0 radical (unpaired) electrons. The first-order valence-electron chi connectivity index (χ1n) is 7.10. The van der Waals surface area contributed by atoms with Gasteiger partial charge < -0.3 is 20.7 Å². The number of urea groups is 1. The first-order chi connectivity index (χ1) is 10.0. The molecule has 1 aromatic rings. The predicted molar refractivity (Wildman–Crippen MR) is 82.5 cm³/mol. The quantitative estimate of drug-likeness (QED) is 0.720. The Balaban J connectivity index is 2.49. The number of para-hydroxylation sites is 2. The van der Waals surface area contributed by atoms with Gasteiger partial charge in [0.2, 0.25) is 5.91 Å². The maximum Gasteiger partial charge on any atom is 0.319 e. The highest BCUT2D eigenvalue weighted by Crippen LogP contribution is 2.24. The van der Waals surface area contributed by atoms with E-state index in [0.717, 1.165) is 6.42 Å². The first-order valence-corrected chi connectivity index (χ1v) is 7.10. The average Bonchev–Trinajstić information content (AvgIpc) is 2.44. The monoisotopic (exact) mass is 293 g/mol. The van der Waals surface area contributed by atoms with Gasteiger partial charge in [0.1, 0.15) is 5.75 Å². The number of hydrogen-bond acceptors (Lipinski definition) is 3. The summed E-state index contributed by atoms with van der Waals surface area (Å²) >= 11 is 0. The molecule has 0 aliphatic heterocycles. The number of amides is 3. The zero-order valence-electron chi connectivity index (χ0n) is 12.7. The molecule has 21 heavy (non-hydrogen) atoms. The molecule has 0 aliphatic carbocycles. The lowest BCUT2D eigenvalue weighted by Crippen LogP contribution is -2.39. The van der Waals surface area contributed by atoms with Gasteiger partial charge in [0.15, 0.2) is 0 Å². The van der Waals surface area contributed by atoms with E-state index >= 15 is 0 Å². The van der Waals surface area contributed by atoms with Gasteiger partial charge in [0.05, 0.1) is 18.3 Å². The van der Waals surface area contributed by atoms with Crippen LogP contribution in [-0.2, 0) is 4.79 Å². The minimum absolute atomic E-state index is 0.0100. The number of anilines is 1. The standard InChI is InChI=1S/C15H23N3O3/c1-4-9-16-14(19)10-17-15(20)18-12-7-5-6-8-13(12)21-11(2)3/h5-8,11H,4,9-10H2,1-3H3,(H,16,19)(H2,17,18,20). The summed E-state index contributed by atoms with van der Waals surface area (Å²) in [6.45, 7) is 6.34. The second-order valence-electron chi connectivity index (χ2n) is 4.82. The SMILES string of the molecule is CCCNC(=O)CNC(=O)Nc1ccccc1OC(C)C. The molecule has 0 aromatic heterocycles. The van der Waals surface area contributed by atoms with Crippen LogP contribution in [0.5, 0.6) is 5.75 Å². The van der Waals surface area contributed by atoms with Crippen molar-refractivity contribution < 1.29 is 14.3 Å². The van der Waals surface area contributed by atoms with Crippen molar-refractivity contribution in [1.82, 2.24) is 10.6 Å². The summed E-state index contributed by atoms with van der Waals surface area (Å²) in [7, 11) is 0. The topological polar surface area (TPSA) is 79.5 Å². The fourth-order valence-corrected chi connectivity index (χ4v) is 1.58. The van der Waals surface area contributed by atoms with E-state index in [1.165, 1.54) is 0 Å². The molecule has 0 unspecified atom stereocenters. The number of benzene rings is 1. The van der Waals surface area contributed by atoms with Crippen molar-refractivity contribution in [2.45, 2.75) is 33.3 Å². The molecule has 0 bridgehead atoms. The van der Waals surface area contributed by atoms with Crippen LogP contribution in [0.2, 0.25) is 0 Å². The molecule has 3 N–H and O–H groups in total. The molecule has 6 nitrogen and oxygen atoms in total. The molecule has 0 saturated carbocycles. The van der Waals surface area contributed by atoms with Gasteiger partial charge in [-0.15, -0.1) is 0 Å². The van der Waals surface area contributed by atoms with Crippen molar-refractivity contribution in [3.8, 4) is 5.75 Å². The second-order valence-corrected chi connectivity index (χ2v) is 4.82. The van der Waals surface area contributed by atoms with E-state index in [1.807, 2.05) is 26.8 Å². The van der Waals surface area contributed by atoms with Crippen LogP contribution in [0.4, 0.5) is 10.5 Å². The van der Waals surface area contributed by atoms with Crippen molar-refractivity contribution in [2.75, 3.05) is 18.4 Å². The summed E-state index contributed by atoms with van der Waals surface area (Å²) < 4.78 is 5.60. The number of hydrogen-bond donors (Lipinski definition) is 3. The third kappa shape index (κ3) is 6.65. The third-order valence-electron chi connectivity index (χ3n) is 2.48. The third-order valence-corrected chi connectivity index (χ3v) is 2.48. The van der Waals surface area contributed by atoms with Crippen LogP contribution < -0.4 is 20.7 Å². The highest BCUT2D eigenvalue weighted by molar-refractivity contribution is 5.93. The minimum atomic E-state index is -0.443. The summed E-state index contributed by atoms with van der Waals surface area (Å²) in [6, 6.07) is 6.72. The molecule has 116 valence electrons. The molecular formula is C15H23N3O3. The summed E-state index contributed by atoms with van der Waals surface area (Å²) in [5, 5.41) is 7.86. The van der Waals surface area contributed by atoms with Gasteiger partial charge in [-0.05, 0) is 32.4 Å². The molecule has 0 atom stereocenters. The molecular weight excluding hydrogens is 270 g/mol. The Morgan fingerprint density at radius 1 is 1.19 bits per heavy atom. The molecule has 0 spiro atoms. The van der Waals surface area contributed by atoms with Crippen LogP contribution in [0, 0.1) is 0 Å². The number of rotatable bonds is 7. The van der Waals surface area contributed by atoms with E-state index < -0.39 is 6.03 Å². The van der Waals surface area contributed by atoms with Crippen LogP contribution in [0.15, 0.2) is 24.3 Å². The lowest BCUT2D eigenvalue weighted by Gasteiger charge is -2.15. The van der Waals surface area contributed by atoms with Crippen molar-refractivity contribution in [1.29, 1.82) is 0 Å². The predicted octanol–water partition coefficient (Wildman–Crippen LogP) is 2.12. The van der Waals surface area contributed by atoms with Crippen LogP contribution in [0.1, 0.15) is 27.2 Å². The number of carbonyl (C=O) groups is 2. The highest BCUT2D eigenvalue weighted by atomic mass is 16.5. The van der Waals surface area contributed by atoms with Gasteiger partial charge in [-0.2, -0.15) is 0 Å². The lowest BCUT2D eigenvalue weighted by atomic mass is 10.3. The largest absolute Gasteiger partial charge is 0.489 e. The molecule has 0 heterocycles. The molecule has 1 rings (SSSR count). The summed E-state index contributed by atoms with van der Waals surface area (Å²) in [6.07, 6.45) is 0.869. The molecule has 3 amide bonds. The fraction of sp³-hybridized carbons (Fsp3) is 0.467. The lowest BCUT2D eigenvalue weighted by molar-refractivity contribution is -0.120. The maximum absolute atomic E-state index is 11.8. The van der Waals surface area contributed by atoms with Crippen LogP contribution in [0.3, 0.4) is 0 Å². The Morgan fingerprint density at radius 2 is 1.90 bits per heavy atom. The van der Waals surface area contributed by atoms with Crippen LogP contribution in [-0.4, -0.2) is 31.1 Å². The first kappa shape index (κ1) is 16.8.